The number of ether oxygens (including phenoxy) is 3. The second kappa shape index (κ2) is 8.33. The number of allylic oxidation sites excluding steroid dienone is 1. The molecule has 3 rings (SSSR count). The van der Waals surface area contributed by atoms with Gasteiger partial charge in [0.2, 0.25) is 0 Å². The fraction of sp³-hybridized carbons (Fsp3) is 0.609. The number of phenols is 1. The maximum absolute atomic E-state index is 12.1. The van der Waals surface area contributed by atoms with Crippen molar-refractivity contribution in [1.29, 1.82) is 0 Å². The van der Waals surface area contributed by atoms with Gasteiger partial charge in [-0.2, -0.15) is 0 Å². The molecule has 0 unspecified atom stereocenters. The molecule has 2 aliphatic rings. The average Bonchev–Trinajstić information content (AvgIpc) is 2.69. The summed E-state index contributed by atoms with van der Waals surface area (Å²) >= 11 is 0. The summed E-state index contributed by atoms with van der Waals surface area (Å²) in [5, 5.41) is 44.0. The van der Waals surface area contributed by atoms with Crippen LogP contribution < -0.4 is 9.47 Å². The Balaban J connectivity index is 2.42. The fourth-order valence-corrected chi connectivity index (χ4v) is 4.22. The van der Waals surface area contributed by atoms with E-state index in [9.17, 15) is 25.2 Å². The van der Waals surface area contributed by atoms with Gasteiger partial charge in [-0.3, -0.25) is 0 Å². The van der Waals surface area contributed by atoms with E-state index in [0.29, 0.717) is 18.4 Å². The van der Waals surface area contributed by atoms with Gasteiger partial charge in [0.05, 0.1) is 29.9 Å². The Morgan fingerprint density at radius 1 is 1.13 bits per heavy atom. The summed E-state index contributed by atoms with van der Waals surface area (Å²) in [6, 6.07) is 0. The quantitative estimate of drug-likeness (QED) is 0.419. The van der Waals surface area contributed by atoms with Gasteiger partial charge in [-0.15, -0.1) is 0 Å². The van der Waals surface area contributed by atoms with Crippen molar-refractivity contribution in [3.63, 3.8) is 0 Å². The lowest BCUT2D eigenvalue weighted by molar-refractivity contribution is -0.134. The zero-order valence-electron chi connectivity index (χ0n) is 18.8. The van der Waals surface area contributed by atoms with E-state index in [2.05, 4.69) is 0 Å². The molecule has 4 N–H and O–H groups in total. The van der Waals surface area contributed by atoms with Gasteiger partial charge in [0.1, 0.15) is 41.2 Å². The molecule has 172 valence electrons. The fourth-order valence-electron chi connectivity index (χ4n) is 4.22. The second-order valence-corrected chi connectivity index (χ2v) is 8.87. The topological polar surface area (TPSA) is 126 Å². The largest absolute Gasteiger partial charge is 0.507 e. The SMILES string of the molecule is CCC/C(=C/C(=O)OC)c1c(O)c2c(c3c1OC(C)(C)[C@H](O)[C@H]3O)O[C@H](C)[C@@H](C)[C@@H]2O. The van der Waals surface area contributed by atoms with Crippen LogP contribution in [0.3, 0.4) is 0 Å². The van der Waals surface area contributed by atoms with Crippen molar-refractivity contribution in [2.45, 2.75) is 77.5 Å². The van der Waals surface area contributed by atoms with Crippen molar-refractivity contribution < 1.29 is 39.4 Å². The molecular weight excluding hydrogens is 404 g/mol. The van der Waals surface area contributed by atoms with Gasteiger partial charge in [-0.05, 0) is 32.8 Å². The van der Waals surface area contributed by atoms with E-state index in [-0.39, 0.29) is 39.9 Å². The molecule has 0 fully saturated rings. The van der Waals surface area contributed by atoms with Crippen molar-refractivity contribution >= 4 is 11.5 Å². The smallest absolute Gasteiger partial charge is 0.330 e. The van der Waals surface area contributed by atoms with Crippen LogP contribution in [0.15, 0.2) is 6.08 Å². The number of hydrogen-bond donors (Lipinski definition) is 4. The molecule has 0 spiro atoms. The third-order valence-corrected chi connectivity index (χ3v) is 6.30. The number of carbonyl (C=O) groups excluding carboxylic acids is 1. The van der Waals surface area contributed by atoms with E-state index in [1.54, 1.807) is 27.7 Å². The highest BCUT2D eigenvalue weighted by molar-refractivity contribution is 5.94. The van der Waals surface area contributed by atoms with Crippen LogP contribution in [0.5, 0.6) is 17.2 Å². The van der Waals surface area contributed by atoms with Gasteiger partial charge in [0, 0.05) is 12.0 Å². The summed E-state index contributed by atoms with van der Waals surface area (Å²) in [6.45, 7) is 8.73. The van der Waals surface area contributed by atoms with Crippen LogP contribution >= 0.6 is 0 Å². The molecular formula is C23H32O8. The molecule has 5 atom stereocenters. The Bertz CT molecular complexity index is 904. The maximum Gasteiger partial charge on any atom is 0.330 e. The lowest BCUT2D eigenvalue weighted by Gasteiger charge is -2.44. The van der Waals surface area contributed by atoms with E-state index >= 15 is 0 Å². The van der Waals surface area contributed by atoms with Gasteiger partial charge >= 0.3 is 5.97 Å². The Labute approximate surface area is 182 Å². The Kier molecular flexibility index (Phi) is 6.28. The van der Waals surface area contributed by atoms with E-state index in [1.807, 2.05) is 6.92 Å². The molecule has 2 heterocycles. The number of aliphatic hydroxyl groups excluding tert-OH is 3. The van der Waals surface area contributed by atoms with Crippen molar-refractivity contribution in [1.82, 2.24) is 0 Å². The van der Waals surface area contributed by atoms with E-state index in [4.69, 9.17) is 14.2 Å². The summed E-state index contributed by atoms with van der Waals surface area (Å²) in [7, 11) is 1.25. The zero-order chi connectivity index (χ0) is 23.2. The van der Waals surface area contributed by atoms with E-state index < -0.39 is 36.0 Å². The molecule has 0 bridgehead atoms. The molecule has 0 saturated carbocycles. The highest BCUT2D eigenvalue weighted by atomic mass is 16.5. The first-order valence-electron chi connectivity index (χ1n) is 10.6. The molecule has 31 heavy (non-hydrogen) atoms. The van der Waals surface area contributed by atoms with Gasteiger partial charge < -0.3 is 34.6 Å². The molecule has 2 aliphatic heterocycles. The lowest BCUT2D eigenvalue weighted by Crippen LogP contribution is -2.49. The van der Waals surface area contributed by atoms with Crippen LogP contribution in [-0.4, -0.2) is 51.3 Å². The van der Waals surface area contributed by atoms with Gasteiger partial charge in [-0.1, -0.05) is 20.3 Å². The Morgan fingerprint density at radius 3 is 2.35 bits per heavy atom. The van der Waals surface area contributed by atoms with Crippen LogP contribution in [0, 0.1) is 5.92 Å². The first-order chi connectivity index (χ1) is 14.5. The summed E-state index contributed by atoms with van der Waals surface area (Å²) in [6.07, 6.45) is -1.84. The first-order valence-corrected chi connectivity index (χ1v) is 10.6. The normalized spacial score (nSPS) is 29.3. The minimum absolute atomic E-state index is 0.102. The predicted octanol–water partition coefficient (Wildman–Crippen LogP) is 2.76. The highest BCUT2D eigenvalue weighted by Crippen LogP contribution is 2.58. The number of benzene rings is 1. The van der Waals surface area contributed by atoms with Crippen molar-refractivity contribution in [2.75, 3.05) is 7.11 Å². The van der Waals surface area contributed by atoms with Gasteiger partial charge in [-0.25, -0.2) is 4.79 Å². The molecule has 0 saturated heterocycles. The summed E-state index contributed by atoms with van der Waals surface area (Å²) in [5.41, 5.74) is -0.301. The molecule has 0 amide bonds. The predicted molar refractivity (Wildman–Crippen MR) is 113 cm³/mol. The van der Waals surface area contributed by atoms with Gasteiger partial charge in [0.25, 0.3) is 0 Å². The Hall–Kier alpha value is -2.29. The number of rotatable bonds is 4. The number of esters is 1. The lowest BCUT2D eigenvalue weighted by atomic mass is 9.79. The van der Waals surface area contributed by atoms with E-state index in [1.165, 1.54) is 13.2 Å². The van der Waals surface area contributed by atoms with Crippen molar-refractivity contribution in [3.05, 3.63) is 22.8 Å². The highest BCUT2D eigenvalue weighted by Gasteiger charge is 2.49. The second-order valence-electron chi connectivity index (χ2n) is 8.87. The minimum atomic E-state index is -1.39. The summed E-state index contributed by atoms with van der Waals surface area (Å²) in [4.78, 5) is 12.1. The number of methoxy groups -OCH3 is 1. The molecule has 8 nitrogen and oxygen atoms in total. The molecule has 0 aliphatic carbocycles. The number of hydrogen-bond acceptors (Lipinski definition) is 8. The van der Waals surface area contributed by atoms with E-state index in [0.717, 1.165) is 0 Å². The average molecular weight is 437 g/mol. The maximum atomic E-state index is 12.1. The van der Waals surface area contributed by atoms with Gasteiger partial charge in [0.15, 0.2) is 0 Å². The zero-order valence-corrected chi connectivity index (χ0v) is 18.8. The van der Waals surface area contributed by atoms with Crippen LogP contribution in [0.1, 0.15) is 76.4 Å². The number of phenolic OH excluding ortho intramolecular Hbond substituents is 1. The number of fused-ring (bicyclic) bond motifs is 3. The third kappa shape index (κ3) is 3.77. The molecule has 8 heteroatoms. The molecule has 0 aromatic heterocycles. The number of aromatic hydroxyl groups is 1. The van der Waals surface area contributed by atoms with Crippen LogP contribution in [-0.2, 0) is 9.53 Å². The first kappa shape index (κ1) is 23.4. The monoisotopic (exact) mass is 436 g/mol. The third-order valence-electron chi connectivity index (χ3n) is 6.30. The minimum Gasteiger partial charge on any atom is -0.507 e. The van der Waals surface area contributed by atoms with Crippen LogP contribution in [0.25, 0.3) is 5.57 Å². The van der Waals surface area contributed by atoms with Crippen molar-refractivity contribution in [3.8, 4) is 17.2 Å². The summed E-state index contributed by atoms with van der Waals surface area (Å²) < 4.78 is 16.9. The molecule has 0 radical (unpaired) electrons. The Morgan fingerprint density at radius 2 is 1.77 bits per heavy atom. The number of aliphatic hydroxyl groups is 3. The standard InChI is InChI=1S/C23H32O8/c1-7-8-12(9-13(24)29-6)14-18(26)15-17(25)10(2)11(3)30-20(15)16-19(27)22(28)23(4,5)31-21(14)16/h9-11,17,19,22,25-28H,7-8H2,1-6H3/b12-9-/t10-,11-,17+,19+,22-/m1/s1. The van der Waals surface area contributed by atoms with Crippen LogP contribution in [0.2, 0.25) is 0 Å². The number of carbonyl (C=O) groups is 1. The van der Waals surface area contributed by atoms with Crippen LogP contribution in [0.4, 0.5) is 0 Å². The molecule has 1 aromatic carbocycles. The van der Waals surface area contributed by atoms with Crippen molar-refractivity contribution in [2.24, 2.45) is 5.92 Å². The summed E-state index contributed by atoms with van der Waals surface area (Å²) in [5.74, 6) is -1.000. The molecule has 1 aromatic rings.